The maximum Gasteiger partial charge on any atom is 0.411 e. The van der Waals surface area contributed by atoms with Crippen LogP contribution in [0.4, 0.5) is 10.5 Å². The summed E-state index contributed by atoms with van der Waals surface area (Å²) in [5.41, 5.74) is 1.35. The molecule has 7 nitrogen and oxygen atoms in total. The number of unbranched alkanes of at least 4 members (excludes halogenated alkanes) is 3. The van der Waals surface area contributed by atoms with Crippen LogP contribution in [0.3, 0.4) is 0 Å². The zero-order chi connectivity index (χ0) is 22.2. The average molecular weight is 424 g/mol. The van der Waals surface area contributed by atoms with E-state index in [-0.39, 0.29) is 0 Å². The van der Waals surface area contributed by atoms with E-state index in [0.29, 0.717) is 35.2 Å². The number of hydrogen-bond acceptors (Lipinski definition) is 5. The van der Waals surface area contributed by atoms with Crippen LogP contribution in [0.25, 0.3) is 10.9 Å². The number of ether oxygens (including phenoxy) is 3. The Morgan fingerprint density at radius 3 is 2.32 bits per heavy atom. The highest BCUT2D eigenvalue weighted by molar-refractivity contribution is 5.88. The summed E-state index contributed by atoms with van der Waals surface area (Å²) in [5.74, 6) is 2.40. The van der Waals surface area contributed by atoms with Gasteiger partial charge in [0.15, 0.2) is 11.5 Å². The number of carbonyl (C=O) groups is 1. The standard InChI is InChI=1S/C24H28N2O5/c1-4-5-6-7-14-26(24(27)28)17-8-10-18(11-9-17)31-21-12-13-25-20-16-23(30-3)22(29-2)15-19(20)21/h8-13,15-16H,4-7,14H2,1-3H3,(H,27,28). The van der Waals surface area contributed by atoms with Crippen molar-refractivity contribution in [1.82, 2.24) is 4.98 Å². The van der Waals surface area contributed by atoms with Gasteiger partial charge < -0.3 is 19.3 Å². The molecule has 1 heterocycles. The first-order valence-corrected chi connectivity index (χ1v) is 10.4. The van der Waals surface area contributed by atoms with Crippen molar-refractivity contribution < 1.29 is 24.1 Å². The Balaban J connectivity index is 1.80. The molecule has 0 unspecified atom stereocenters. The van der Waals surface area contributed by atoms with Crippen LogP contribution < -0.4 is 19.1 Å². The molecule has 3 rings (SSSR count). The Morgan fingerprint density at radius 2 is 1.68 bits per heavy atom. The maximum atomic E-state index is 11.7. The van der Waals surface area contributed by atoms with Crippen LogP contribution in [-0.4, -0.2) is 36.9 Å². The van der Waals surface area contributed by atoms with Gasteiger partial charge >= 0.3 is 6.09 Å². The highest BCUT2D eigenvalue weighted by Gasteiger charge is 2.15. The van der Waals surface area contributed by atoms with Crippen molar-refractivity contribution in [3.8, 4) is 23.0 Å². The molecule has 2 aromatic carbocycles. The van der Waals surface area contributed by atoms with Gasteiger partial charge in [0, 0.05) is 29.9 Å². The number of nitrogens with zero attached hydrogens (tertiary/aromatic N) is 2. The van der Waals surface area contributed by atoms with Crippen LogP contribution in [0.5, 0.6) is 23.0 Å². The number of pyridine rings is 1. The predicted octanol–water partition coefficient (Wildman–Crippen LogP) is 6.11. The largest absolute Gasteiger partial charge is 0.493 e. The molecule has 0 atom stereocenters. The van der Waals surface area contributed by atoms with E-state index in [1.807, 2.05) is 6.07 Å². The summed E-state index contributed by atoms with van der Waals surface area (Å²) in [6.45, 7) is 2.61. The van der Waals surface area contributed by atoms with Crippen molar-refractivity contribution >= 4 is 22.7 Å². The van der Waals surface area contributed by atoms with Crippen LogP contribution >= 0.6 is 0 Å². The summed E-state index contributed by atoms with van der Waals surface area (Å²) < 4.78 is 16.8. The van der Waals surface area contributed by atoms with Crippen LogP contribution in [0.1, 0.15) is 32.6 Å². The number of methoxy groups -OCH3 is 2. The Kier molecular flexibility index (Phi) is 7.54. The topological polar surface area (TPSA) is 81.1 Å². The Morgan fingerprint density at radius 1 is 0.968 bits per heavy atom. The smallest absolute Gasteiger partial charge is 0.411 e. The zero-order valence-electron chi connectivity index (χ0n) is 18.1. The molecule has 3 aromatic rings. The van der Waals surface area contributed by atoms with Crippen molar-refractivity contribution in [1.29, 1.82) is 0 Å². The SMILES string of the molecule is CCCCCCN(C(=O)O)c1ccc(Oc2ccnc3cc(OC)c(OC)cc23)cc1. The van der Waals surface area contributed by atoms with Gasteiger partial charge in [-0.15, -0.1) is 0 Å². The van der Waals surface area contributed by atoms with E-state index in [1.165, 1.54) is 4.90 Å². The normalized spacial score (nSPS) is 10.7. The van der Waals surface area contributed by atoms with E-state index in [9.17, 15) is 9.90 Å². The first-order chi connectivity index (χ1) is 15.1. The van der Waals surface area contributed by atoms with Gasteiger partial charge in [0.25, 0.3) is 0 Å². The molecule has 0 fully saturated rings. The number of benzene rings is 2. The van der Waals surface area contributed by atoms with Crippen molar-refractivity contribution in [2.75, 3.05) is 25.7 Å². The van der Waals surface area contributed by atoms with Crippen LogP contribution in [0, 0.1) is 0 Å². The minimum Gasteiger partial charge on any atom is -0.493 e. The van der Waals surface area contributed by atoms with Crippen molar-refractivity contribution in [2.45, 2.75) is 32.6 Å². The first-order valence-electron chi connectivity index (χ1n) is 10.4. The first kappa shape index (κ1) is 22.2. The Bertz CT molecular complexity index is 1020. The van der Waals surface area contributed by atoms with E-state index in [1.54, 1.807) is 56.8 Å². The van der Waals surface area contributed by atoms with Gasteiger partial charge in [-0.1, -0.05) is 26.2 Å². The summed E-state index contributed by atoms with van der Waals surface area (Å²) >= 11 is 0. The molecule has 164 valence electrons. The number of anilines is 1. The summed E-state index contributed by atoms with van der Waals surface area (Å²) in [6.07, 6.45) is 4.79. The molecule has 0 aliphatic rings. The summed E-state index contributed by atoms with van der Waals surface area (Å²) in [5, 5.41) is 10.3. The molecule has 1 aromatic heterocycles. The molecule has 0 bridgehead atoms. The van der Waals surface area contributed by atoms with Gasteiger partial charge in [0.1, 0.15) is 11.5 Å². The number of fused-ring (bicyclic) bond motifs is 1. The van der Waals surface area contributed by atoms with Crippen LogP contribution in [0.2, 0.25) is 0 Å². The lowest BCUT2D eigenvalue weighted by Crippen LogP contribution is -2.30. The van der Waals surface area contributed by atoms with Crippen molar-refractivity contribution in [2.24, 2.45) is 0 Å². The quantitative estimate of drug-likeness (QED) is 0.396. The van der Waals surface area contributed by atoms with Crippen LogP contribution in [0.15, 0.2) is 48.7 Å². The molecule has 0 spiro atoms. The minimum absolute atomic E-state index is 0.478. The second-order valence-electron chi connectivity index (χ2n) is 7.12. The summed E-state index contributed by atoms with van der Waals surface area (Å²) in [6, 6.07) is 12.5. The Labute approximate surface area is 182 Å². The number of carboxylic acid groups (broad SMARTS) is 1. The molecule has 0 radical (unpaired) electrons. The number of amides is 1. The lowest BCUT2D eigenvalue weighted by atomic mass is 10.1. The molecule has 0 aliphatic heterocycles. The van der Waals surface area contributed by atoms with Gasteiger partial charge in [-0.25, -0.2) is 4.79 Å². The molecular formula is C24H28N2O5. The summed E-state index contributed by atoms with van der Waals surface area (Å²) in [7, 11) is 3.16. The third kappa shape index (κ3) is 5.36. The minimum atomic E-state index is -0.952. The fraction of sp³-hybridized carbons (Fsp3) is 0.333. The van der Waals surface area contributed by atoms with Gasteiger partial charge in [0.2, 0.25) is 0 Å². The highest BCUT2D eigenvalue weighted by atomic mass is 16.5. The number of hydrogen-bond donors (Lipinski definition) is 1. The molecule has 1 N–H and O–H groups in total. The number of aromatic nitrogens is 1. The van der Waals surface area contributed by atoms with Gasteiger partial charge in [-0.2, -0.15) is 0 Å². The lowest BCUT2D eigenvalue weighted by molar-refractivity contribution is 0.201. The molecule has 31 heavy (non-hydrogen) atoms. The molecule has 1 amide bonds. The van der Waals surface area contributed by atoms with E-state index in [2.05, 4.69) is 11.9 Å². The highest BCUT2D eigenvalue weighted by Crippen LogP contribution is 2.37. The van der Waals surface area contributed by atoms with Crippen molar-refractivity contribution in [3.63, 3.8) is 0 Å². The van der Waals surface area contributed by atoms with Crippen molar-refractivity contribution in [3.05, 3.63) is 48.7 Å². The Hall–Kier alpha value is -3.48. The van der Waals surface area contributed by atoms with Gasteiger partial charge in [-0.3, -0.25) is 9.88 Å². The second-order valence-corrected chi connectivity index (χ2v) is 7.12. The predicted molar refractivity (Wildman–Crippen MR) is 121 cm³/mol. The fourth-order valence-corrected chi connectivity index (χ4v) is 3.39. The van der Waals surface area contributed by atoms with Crippen LogP contribution in [-0.2, 0) is 0 Å². The molecule has 0 saturated heterocycles. The fourth-order valence-electron chi connectivity index (χ4n) is 3.39. The summed E-state index contributed by atoms with van der Waals surface area (Å²) in [4.78, 5) is 17.4. The number of rotatable bonds is 10. The third-order valence-electron chi connectivity index (χ3n) is 5.05. The second kappa shape index (κ2) is 10.5. The van der Waals surface area contributed by atoms with E-state index in [0.717, 1.165) is 36.6 Å². The monoisotopic (exact) mass is 424 g/mol. The molecule has 0 aliphatic carbocycles. The van der Waals surface area contributed by atoms with Gasteiger partial charge in [-0.05, 0) is 42.8 Å². The molecule has 0 saturated carbocycles. The van der Waals surface area contributed by atoms with Gasteiger partial charge in [0.05, 0.1) is 19.7 Å². The third-order valence-corrected chi connectivity index (χ3v) is 5.05. The maximum absolute atomic E-state index is 11.7. The lowest BCUT2D eigenvalue weighted by Gasteiger charge is -2.19. The van der Waals surface area contributed by atoms with E-state index < -0.39 is 6.09 Å². The molecular weight excluding hydrogens is 396 g/mol. The average Bonchev–Trinajstić information content (AvgIpc) is 2.79. The van der Waals surface area contributed by atoms with E-state index >= 15 is 0 Å². The zero-order valence-corrected chi connectivity index (χ0v) is 18.1. The van der Waals surface area contributed by atoms with E-state index in [4.69, 9.17) is 14.2 Å². The molecule has 7 heteroatoms.